The average Bonchev–Trinajstić information content (AvgIpc) is 3.12. The van der Waals surface area contributed by atoms with E-state index in [0.717, 1.165) is 11.1 Å². The molecule has 2 heterocycles. The number of carbonyl (C=O) groups is 2. The Balaban J connectivity index is 1.57. The van der Waals surface area contributed by atoms with E-state index in [1.165, 1.54) is 0 Å². The number of allylic oxidation sites excluding steroid dienone is 3. The van der Waals surface area contributed by atoms with Crippen molar-refractivity contribution in [2.45, 2.75) is 6.92 Å². The number of nitrogens with zero attached hydrogens (tertiary/aromatic N) is 2. The number of fused-ring (bicyclic) bond motifs is 1. The van der Waals surface area contributed by atoms with E-state index >= 15 is 0 Å². The van der Waals surface area contributed by atoms with Gasteiger partial charge in [0.25, 0.3) is 5.91 Å². The average molecular weight is 345 g/mol. The van der Waals surface area contributed by atoms with Crippen LogP contribution >= 0.6 is 0 Å². The number of benzene rings is 1. The third-order valence-electron chi connectivity index (χ3n) is 4.23. The first-order chi connectivity index (χ1) is 12.6. The maximum absolute atomic E-state index is 12.4. The molecule has 1 atom stereocenters. The highest BCUT2D eigenvalue weighted by Gasteiger charge is 2.24. The van der Waals surface area contributed by atoms with Gasteiger partial charge in [-0.3, -0.25) is 9.59 Å². The molecule has 2 aromatic rings. The Hall–Kier alpha value is -3.54. The SMILES string of the molecule is CC1=CC(=O)NC2=CC(=NC(=O)c3cc(-c4ccccc4)on3)C=CC12. The van der Waals surface area contributed by atoms with E-state index in [2.05, 4.69) is 15.5 Å². The van der Waals surface area contributed by atoms with Gasteiger partial charge in [-0.1, -0.05) is 47.1 Å². The van der Waals surface area contributed by atoms with Gasteiger partial charge in [-0.15, -0.1) is 0 Å². The van der Waals surface area contributed by atoms with Gasteiger partial charge in [-0.05, 0) is 19.1 Å². The summed E-state index contributed by atoms with van der Waals surface area (Å²) >= 11 is 0. The monoisotopic (exact) mass is 345 g/mol. The smallest absolute Gasteiger partial charge is 0.299 e. The summed E-state index contributed by atoms with van der Waals surface area (Å²) in [5, 5.41) is 6.59. The minimum Gasteiger partial charge on any atom is -0.355 e. The van der Waals surface area contributed by atoms with E-state index in [1.807, 2.05) is 43.3 Å². The Kier molecular flexibility index (Phi) is 3.93. The van der Waals surface area contributed by atoms with Crippen molar-refractivity contribution in [2.75, 3.05) is 0 Å². The van der Waals surface area contributed by atoms with Crippen molar-refractivity contribution >= 4 is 17.5 Å². The molecule has 6 nitrogen and oxygen atoms in total. The lowest BCUT2D eigenvalue weighted by molar-refractivity contribution is -0.116. The van der Waals surface area contributed by atoms with Crippen LogP contribution < -0.4 is 5.32 Å². The highest BCUT2D eigenvalue weighted by Crippen LogP contribution is 2.26. The molecule has 2 amide bonds. The predicted octanol–water partition coefficient (Wildman–Crippen LogP) is 3.07. The second kappa shape index (κ2) is 6.40. The molecule has 0 fully saturated rings. The van der Waals surface area contributed by atoms with Gasteiger partial charge in [0.05, 0.1) is 5.71 Å². The molecule has 4 rings (SSSR count). The molecule has 26 heavy (non-hydrogen) atoms. The van der Waals surface area contributed by atoms with Crippen LogP contribution in [0.1, 0.15) is 17.4 Å². The minimum absolute atomic E-state index is 0.0125. The normalized spacial score (nSPS) is 20.3. The van der Waals surface area contributed by atoms with Gasteiger partial charge in [0.15, 0.2) is 11.5 Å². The molecule has 128 valence electrons. The summed E-state index contributed by atoms with van der Waals surface area (Å²) in [6, 6.07) is 11.0. The Morgan fingerprint density at radius 2 is 2.04 bits per heavy atom. The lowest BCUT2D eigenvalue weighted by Crippen LogP contribution is -2.32. The van der Waals surface area contributed by atoms with Crippen LogP contribution in [-0.4, -0.2) is 22.7 Å². The van der Waals surface area contributed by atoms with Crippen LogP contribution in [0.4, 0.5) is 0 Å². The maximum atomic E-state index is 12.4. The molecule has 2 aliphatic rings. The number of aliphatic imine (C=N–C) groups is 1. The Bertz CT molecular complexity index is 1010. The fraction of sp³-hybridized carbons (Fsp3) is 0.100. The molecular weight excluding hydrogens is 330 g/mol. The van der Waals surface area contributed by atoms with Crippen LogP contribution in [0.15, 0.2) is 81.5 Å². The minimum atomic E-state index is -0.500. The van der Waals surface area contributed by atoms with Gasteiger partial charge >= 0.3 is 0 Å². The molecular formula is C20H15N3O3. The first-order valence-corrected chi connectivity index (χ1v) is 8.14. The van der Waals surface area contributed by atoms with Crippen molar-refractivity contribution in [3.05, 3.63) is 77.7 Å². The summed E-state index contributed by atoms with van der Waals surface area (Å²) in [6.45, 7) is 1.90. The van der Waals surface area contributed by atoms with Gasteiger partial charge in [0.2, 0.25) is 5.91 Å². The van der Waals surface area contributed by atoms with Crippen molar-refractivity contribution < 1.29 is 14.1 Å². The lowest BCUT2D eigenvalue weighted by atomic mass is 9.89. The van der Waals surface area contributed by atoms with Crippen molar-refractivity contribution in [3.63, 3.8) is 0 Å². The van der Waals surface area contributed by atoms with Crippen molar-refractivity contribution in [2.24, 2.45) is 10.9 Å². The van der Waals surface area contributed by atoms with Crippen molar-refractivity contribution in [3.8, 4) is 11.3 Å². The molecule has 1 aromatic carbocycles. The summed E-state index contributed by atoms with van der Waals surface area (Å²) in [4.78, 5) is 28.1. The van der Waals surface area contributed by atoms with Gasteiger partial charge in [-0.2, -0.15) is 0 Å². The molecule has 6 heteroatoms. The zero-order chi connectivity index (χ0) is 18.1. The number of hydrogen-bond acceptors (Lipinski definition) is 4. The van der Waals surface area contributed by atoms with Crippen LogP contribution in [0.25, 0.3) is 11.3 Å². The zero-order valence-corrected chi connectivity index (χ0v) is 14.0. The van der Waals surface area contributed by atoms with E-state index in [9.17, 15) is 9.59 Å². The van der Waals surface area contributed by atoms with Crippen molar-refractivity contribution in [1.82, 2.24) is 10.5 Å². The third-order valence-corrected chi connectivity index (χ3v) is 4.23. The van der Waals surface area contributed by atoms with Crippen LogP contribution in [0.5, 0.6) is 0 Å². The summed E-state index contributed by atoms with van der Waals surface area (Å²) in [5.41, 5.74) is 3.09. The highest BCUT2D eigenvalue weighted by atomic mass is 16.5. The number of carbonyl (C=O) groups excluding carboxylic acids is 2. The summed E-state index contributed by atoms with van der Waals surface area (Å²) < 4.78 is 5.24. The molecule has 1 aliphatic carbocycles. The molecule has 0 saturated carbocycles. The molecule has 1 unspecified atom stereocenters. The predicted molar refractivity (Wildman–Crippen MR) is 96.3 cm³/mol. The van der Waals surface area contributed by atoms with Gasteiger partial charge in [0.1, 0.15) is 0 Å². The molecule has 1 aliphatic heterocycles. The first kappa shape index (κ1) is 16.0. The number of hydrogen-bond donors (Lipinski definition) is 1. The highest BCUT2D eigenvalue weighted by molar-refractivity contribution is 6.13. The summed E-state index contributed by atoms with van der Waals surface area (Å²) in [5.74, 6) is -0.152. The fourth-order valence-electron chi connectivity index (χ4n) is 2.94. The lowest BCUT2D eigenvalue weighted by Gasteiger charge is -2.25. The molecule has 1 aromatic heterocycles. The molecule has 0 saturated heterocycles. The van der Waals surface area contributed by atoms with Crippen LogP contribution in [0.2, 0.25) is 0 Å². The second-order valence-electron chi connectivity index (χ2n) is 6.10. The van der Waals surface area contributed by atoms with Crippen LogP contribution in [-0.2, 0) is 4.79 Å². The van der Waals surface area contributed by atoms with E-state index in [1.54, 1.807) is 24.3 Å². The molecule has 1 N–H and O–H groups in total. The van der Waals surface area contributed by atoms with Crippen LogP contribution in [0, 0.1) is 5.92 Å². The molecule has 0 spiro atoms. The standard InChI is InChI=1S/C20H15N3O3/c1-12-9-19(24)22-16-10-14(7-8-15(12)16)21-20(25)17-11-18(26-23-17)13-5-3-2-4-6-13/h2-11,15H,1H3,(H,22,24). The summed E-state index contributed by atoms with van der Waals surface area (Å²) in [6.07, 6.45) is 6.94. The van der Waals surface area contributed by atoms with Gasteiger partial charge < -0.3 is 9.84 Å². The van der Waals surface area contributed by atoms with Gasteiger partial charge in [-0.25, -0.2) is 4.99 Å². The second-order valence-corrected chi connectivity index (χ2v) is 6.10. The fourth-order valence-corrected chi connectivity index (χ4v) is 2.94. The number of nitrogens with one attached hydrogen (secondary N) is 1. The number of amides is 2. The zero-order valence-electron chi connectivity index (χ0n) is 14.0. The van der Waals surface area contributed by atoms with Crippen LogP contribution in [0.3, 0.4) is 0 Å². The quantitative estimate of drug-likeness (QED) is 0.906. The molecule has 0 bridgehead atoms. The maximum Gasteiger partial charge on any atom is 0.299 e. The van der Waals surface area contributed by atoms with E-state index < -0.39 is 5.91 Å². The van der Waals surface area contributed by atoms with Crippen molar-refractivity contribution in [1.29, 1.82) is 0 Å². The van der Waals surface area contributed by atoms with E-state index in [4.69, 9.17) is 4.52 Å². The Labute approximate surface area is 149 Å². The topological polar surface area (TPSA) is 84.6 Å². The summed E-state index contributed by atoms with van der Waals surface area (Å²) in [7, 11) is 0. The Morgan fingerprint density at radius 1 is 1.23 bits per heavy atom. The number of rotatable bonds is 2. The number of aromatic nitrogens is 1. The Morgan fingerprint density at radius 3 is 2.85 bits per heavy atom. The van der Waals surface area contributed by atoms with E-state index in [0.29, 0.717) is 17.2 Å². The molecule has 0 radical (unpaired) electrons. The van der Waals surface area contributed by atoms with Gasteiger partial charge in [0, 0.05) is 29.3 Å². The third kappa shape index (κ3) is 3.04. The largest absolute Gasteiger partial charge is 0.355 e. The first-order valence-electron chi connectivity index (χ1n) is 8.14. The van der Waals surface area contributed by atoms with E-state index in [-0.39, 0.29) is 17.5 Å².